The van der Waals surface area contributed by atoms with E-state index in [0.29, 0.717) is 0 Å². The van der Waals surface area contributed by atoms with Gasteiger partial charge in [0.05, 0.1) is 0 Å². The van der Waals surface area contributed by atoms with Gasteiger partial charge in [-0.2, -0.15) is 0 Å². The fourth-order valence-electron chi connectivity index (χ4n) is 0.347. The van der Waals surface area contributed by atoms with Gasteiger partial charge < -0.3 is 0 Å². The van der Waals surface area contributed by atoms with E-state index in [2.05, 4.69) is 15.9 Å². The zero-order valence-electron chi connectivity index (χ0n) is 4.64. The van der Waals surface area contributed by atoms with Gasteiger partial charge in [-0.15, -0.1) is 0 Å². The lowest BCUT2D eigenvalue weighted by molar-refractivity contribution is -0.104. The minimum atomic E-state index is 0.800. The fourth-order valence-corrected chi connectivity index (χ4v) is 0.671. The molecule has 2 heteroatoms. The number of hydrogen-bond acceptors (Lipinski definition) is 1. The monoisotopic (exact) mass is 176 g/mol. The van der Waals surface area contributed by atoms with Crippen LogP contribution in [0.5, 0.6) is 0 Å². The van der Waals surface area contributed by atoms with Crippen molar-refractivity contribution < 1.29 is 4.79 Å². The second-order valence-corrected chi connectivity index (χ2v) is 2.19. The Balaban J connectivity index is 2.91. The molecule has 0 atom stereocenters. The predicted molar refractivity (Wildman–Crippen MR) is 38.2 cm³/mol. The lowest BCUT2D eigenvalue weighted by Gasteiger charge is -1.82. The minimum Gasteiger partial charge on any atom is -0.299 e. The number of halogens is 1. The highest BCUT2D eigenvalue weighted by atomic mass is 79.9. The smallest absolute Gasteiger partial charge is 0.142 e. The van der Waals surface area contributed by atoms with Gasteiger partial charge in [0.1, 0.15) is 6.29 Å². The maximum atomic E-state index is 9.67. The van der Waals surface area contributed by atoms with Crippen LogP contribution in [0.4, 0.5) is 0 Å². The first-order valence-corrected chi connectivity index (χ1v) is 3.70. The van der Waals surface area contributed by atoms with E-state index in [-0.39, 0.29) is 0 Å². The molecular formula is C6H9BrO. The van der Waals surface area contributed by atoms with E-state index in [4.69, 9.17) is 0 Å². The Hall–Kier alpha value is -0.110. The van der Waals surface area contributed by atoms with Crippen molar-refractivity contribution in [3.05, 3.63) is 12.2 Å². The molecule has 0 aliphatic carbocycles. The molecule has 0 radical (unpaired) electrons. The second-order valence-electron chi connectivity index (χ2n) is 1.40. The highest BCUT2D eigenvalue weighted by Crippen LogP contribution is 1.93. The lowest BCUT2D eigenvalue weighted by Crippen LogP contribution is -1.69. The van der Waals surface area contributed by atoms with E-state index < -0.39 is 0 Å². The van der Waals surface area contributed by atoms with Gasteiger partial charge in [0, 0.05) is 5.33 Å². The molecule has 0 spiro atoms. The zero-order valence-corrected chi connectivity index (χ0v) is 6.23. The van der Waals surface area contributed by atoms with Crippen LogP contribution < -0.4 is 0 Å². The summed E-state index contributed by atoms with van der Waals surface area (Å²) >= 11 is 3.28. The van der Waals surface area contributed by atoms with Crippen molar-refractivity contribution in [2.75, 3.05) is 5.33 Å². The van der Waals surface area contributed by atoms with Gasteiger partial charge in [0.2, 0.25) is 0 Å². The molecular weight excluding hydrogens is 168 g/mol. The number of unbranched alkanes of at least 4 members (excludes halogenated alkanes) is 1. The molecule has 0 bridgehead atoms. The Bertz CT molecular complexity index is 78.6. The number of carbonyl (C=O) groups excluding carboxylic acids is 1. The summed E-state index contributed by atoms with van der Waals surface area (Å²) in [6.07, 6.45) is 6.29. The van der Waals surface area contributed by atoms with Crippen molar-refractivity contribution in [1.82, 2.24) is 0 Å². The summed E-state index contributed by atoms with van der Waals surface area (Å²) in [7, 11) is 0. The van der Waals surface area contributed by atoms with Crippen molar-refractivity contribution in [3.8, 4) is 0 Å². The van der Waals surface area contributed by atoms with E-state index in [0.717, 1.165) is 24.5 Å². The summed E-state index contributed by atoms with van der Waals surface area (Å²) in [5.41, 5.74) is 0. The van der Waals surface area contributed by atoms with E-state index in [1.807, 2.05) is 6.08 Å². The molecule has 0 N–H and O–H groups in total. The first-order chi connectivity index (χ1) is 3.91. The Labute approximate surface area is 57.9 Å². The van der Waals surface area contributed by atoms with Gasteiger partial charge in [-0.25, -0.2) is 0 Å². The van der Waals surface area contributed by atoms with Gasteiger partial charge in [-0.1, -0.05) is 22.0 Å². The van der Waals surface area contributed by atoms with Crippen molar-refractivity contribution in [1.29, 1.82) is 0 Å². The van der Waals surface area contributed by atoms with Crippen LogP contribution >= 0.6 is 15.9 Å². The Morgan fingerprint density at radius 3 is 2.75 bits per heavy atom. The van der Waals surface area contributed by atoms with Crippen LogP contribution in [0.3, 0.4) is 0 Å². The van der Waals surface area contributed by atoms with Gasteiger partial charge >= 0.3 is 0 Å². The summed E-state index contributed by atoms with van der Waals surface area (Å²) in [6.45, 7) is 0. The van der Waals surface area contributed by atoms with Crippen LogP contribution in [0.2, 0.25) is 0 Å². The maximum Gasteiger partial charge on any atom is 0.142 e. The highest BCUT2D eigenvalue weighted by Gasteiger charge is 1.75. The molecule has 0 aromatic heterocycles. The van der Waals surface area contributed by atoms with E-state index in [1.165, 1.54) is 6.08 Å². The molecule has 0 saturated heterocycles. The predicted octanol–water partition coefficient (Wildman–Crippen LogP) is 1.92. The Kier molecular flexibility index (Phi) is 6.80. The van der Waals surface area contributed by atoms with Crippen LogP contribution in [0.25, 0.3) is 0 Å². The first kappa shape index (κ1) is 7.89. The molecule has 0 amide bonds. The number of alkyl halides is 1. The van der Waals surface area contributed by atoms with E-state index in [9.17, 15) is 4.79 Å². The van der Waals surface area contributed by atoms with Gasteiger partial charge in [-0.3, -0.25) is 4.79 Å². The maximum absolute atomic E-state index is 9.67. The van der Waals surface area contributed by atoms with Crippen LogP contribution in [0, 0.1) is 0 Å². The number of allylic oxidation sites excluding steroid dienone is 2. The fraction of sp³-hybridized carbons (Fsp3) is 0.500. The summed E-state index contributed by atoms with van der Waals surface area (Å²) in [5.74, 6) is 0. The van der Waals surface area contributed by atoms with Crippen LogP contribution in [0.1, 0.15) is 12.8 Å². The number of hydrogen-bond donors (Lipinski definition) is 0. The molecule has 46 valence electrons. The zero-order chi connectivity index (χ0) is 6.24. The molecule has 0 aromatic rings. The molecule has 0 aliphatic heterocycles. The molecule has 8 heavy (non-hydrogen) atoms. The average molecular weight is 177 g/mol. The van der Waals surface area contributed by atoms with Crippen molar-refractivity contribution in [2.45, 2.75) is 12.8 Å². The summed E-state index contributed by atoms with van der Waals surface area (Å²) in [4.78, 5) is 9.67. The quantitative estimate of drug-likeness (QED) is 0.277. The molecule has 0 fully saturated rings. The second kappa shape index (κ2) is 6.89. The van der Waals surface area contributed by atoms with Gasteiger partial charge in [0.25, 0.3) is 0 Å². The number of carbonyl (C=O) groups is 1. The van der Waals surface area contributed by atoms with Crippen molar-refractivity contribution in [2.24, 2.45) is 0 Å². The molecule has 1 nitrogen and oxygen atoms in total. The third-order valence-electron chi connectivity index (χ3n) is 0.719. The average Bonchev–Trinajstić information content (AvgIpc) is 1.81. The SMILES string of the molecule is O=C/C=C\CCCBr. The van der Waals surface area contributed by atoms with E-state index in [1.54, 1.807) is 0 Å². The molecule has 0 saturated carbocycles. The largest absolute Gasteiger partial charge is 0.299 e. The minimum absolute atomic E-state index is 0.800. The lowest BCUT2D eigenvalue weighted by atomic mass is 10.3. The molecule has 0 aliphatic rings. The van der Waals surface area contributed by atoms with Crippen LogP contribution in [-0.4, -0.2) is 11.6 Å². The summed E-state index contributed by atoms with van der Waals surface area (Å²) in [6, 6.07) is 0. The number of aldehydes is 1. The Morgan fingerprint density at radius 1 is 1.50 bits per heavy atom. The molecule has 0 heterocycles. The van der Waals surface area contributed by atoms with Crippen molar-refractivity contribution >= 4 is 22.2 Å². The molecule has 0 aromatic carbocycles. The topological polar surface area (TPSA) is 17.1 Å². The van der Waals surface area contributed by atoms with Gasteiger partial charge in [-0.05, 0) is 18.9 Å². The summed E-state index contributed by atoms with van der Waals surface area (Å²) < 4.78 is 0. The van der Waals surface area contributed by atoms with Crippen molar-refractivity contribution in [3.63, 3.8) is 0 Å². The third-order valence-corrected chi connectivity index (χ3v) is 1.28. The first-order valence-electron chi connectivity index (χ1n) is 2.58. The molecule has 0 rings (SSSR count). The highest BCUT2D eigenvalue weighted by molar-refractivity contribution is 9.09. The number of rotatable bonds is 4. The molecule has 0 unspecified atom stereocenters. The van der Waals surface area contributed by atoms with Crippen LogP contribution in [0.15, 0.2) is 12.2 Å². The standard InChI is InChI=1S/C6H9BrO/c7-5-3-1-2-4-6-8/h2,4,6H,1,3,5H2/b4-2-. The third kappa shape index (κ3) is 5.89. The van der Waals surface area contributed by atoms with Gasteiger partial charge in [0.15, 0.2) is 0 Å². The normalized spacial score (nSPS) is 10.1. The Morgan fingerprint density at radius 2 is 2.25 bits per heavy atom. The van der Waals surface area contributed by atoms with E-state index >= 15 is 0 Å². The van der Waals surface area contributed by atoms with Crippen LogP contribution in [-0.2, 0) is 4.79 Å². The summed E-state index contributed by atoms with van der Waals surface area (Å²) in [5, 5.41) is 1.01.